The lowest BCUT2D eigenvalue weighted by Gasteiger charge is -2.27. The molecule has 3 rings (SSSR count). The van der Waals surface area contributed by atoms with Crippen LogP contribution in [0.5, 0.6) is 11.5 Å². The average molecular weight is 343 g/mol. The molecule has 0 bridgehead atoms. The third kappa shape index (κ3) is 3.39. The molecule has 1 unspecified atom stereocenters. The van der Waals surface area contributed by atoms with E-state index in [0.717, 1.165) is 17.1 Å². The summed E-state index contributed by atoms with van der Waals surface area (Å²) < 4.78 is 15.4. The van der Waals surface area contributed by atoms with Crippen LogP contribution in [-0.2, 0) is 9.53 Å². The molecule has 1 aliphatic heterocycles. The van der Waals surface area contributed by atoms with Crippen molar-refractivity contribution in [2.75, 3.05) is 19.2 Å². The number of hydrogen-bond acceptors (Lipinski definition) is 6. The van der Waals surface area contributed by atoms with Gasteiger partial charge in [0.2, 0.25) is 6.79 Å². The minimum Gasteiger partial charge on any atom is -0.469 e. The van der Waals surface area contributed by atoms with Gasteiger partial charge < -0.3 is 24.6 Å². The Labute approximate surface area is 146 Å². The van der Waals surface area contributed by atoms with Crippen molar-refractivity contribution in [1.29, 1.82) is 0 Å². The first-order valence-corrected chi connectivity index (χ1v) is 7.95. The molecule has 1 aliphatic rings. The Hall–Kier alpha value is -2.73. The summed E-state index contributed by atoms with van der Waals surface area (Å²) in [4.78, 5) is 11.8. The normalized spacial score (nSPS) is 14.1. The fraction of sp³-hybridized carbons (Fsp3) is 0.316. The lowest BCUT2D eigenvalue weighted by molar-refractivity contribution is -0.157. The van der Waals surface area contributed by atoms with Crippen molar-refractivity contribution in [3.63, 3.8) is 0 Å². The molecule has 132 valence electrons. The number of esters is 1. The molecule has 2 N–H and O–H groups in total. The second kappa shape index (κ2) is 6.64. The zero-order chi connectivity index (χ0) is 18.0. The molecule has 0 saturated carbocycles. The number of carbonyl (C=O) groups is 1. The number of nitrogens with one attached hydrogen (secondary N) is 1. The summed E-state index contributed by atoms with van der Waals surface area (Å²) in [5.41, 5.74) is 1.34. The predicted molar refractivity (Wildman–Crippen MR) is 93.0 cm³/mol. The summed E-state index contributed by atoms with van der Waals surface area (Å²) in [7, 11) is 1.31. The maximum absolute atomic E-state index is 11.8. The summed E-state index contributed by atoms with van der Waals surface area (Å²) in [6.07, 6.45) is -0.959. The van der Waals surface area contributed by atoms with Crippen LogP contribution >= 0.6 is 0 Å². The van der Waals surface area contributed by atoms with Gasteiger partial charge in [0, 0.05) is 17.4 Å². The van der Waals surface area contributed by atoms with E-state index < -0.39 is 17.5 Å². The number of carbonyl (C=O) groups excluding carboxylic acids is 1. The zero-order valence-electron chi connectivity index (χ0n) is 14.4. The summed E-state index contributed by atoms with van der Waals surface area (Å²) in [6.45, 7) is 3.55. The molecule has 0 saturated heterocycles. The summed E-state index contributed by atoms with van der Waals surface area (Å²) in [5, 5.41) is 13.7. The first-order chi connectivity index (χ1) is 11.9. The first-order valence-electron chi connectivity index (χ1n) is 7.95. The third-order valence-corrected chi connectivity index (χ3v) is 4.28. The minimum absolute atomic E-state index is 0.237. The van der Waals surface area contributed by atoms with E-state index in [-0.39, 0.29) is 6.79 Å². The molecule has 0 aromatic heterocycles. The van der Waals surface area contributed by atoms with Gasteiger partial charge >= 0.3 is 5.97 Å². The molecule has 1 heterocycles. The van der Waals surface area contributed by atoms with E-state index in [0.29, 0.717) is 11.3 Å². The SMILES string of the molecule is COC(=O)C(C)(C)C(O)c1ccc(Nc2ccc3c(c2)OCO3)cc1. The lowest BCUT2D eigenvalue weighted by atomic mass is 9.82. The third-order valence-electron chi connectivity index (χ3n) is 4.28. The van der Waals surface area contributed by atoms with Crippen LogP contribution < -0.4 is 14.8 Å². The molecule has 2 aromatic carbocycles. The second-order valence-electron chi connectivity index (χ2n) is 6.43. The van der Waals surface area contributed by atoms with Gasteiger partial charge in [0.1, 0.15) is 0 Å². The van der Waals surface area contributed by atoms with E-state index in [1.165, 1.54) is 7.11 Å². The van der Waals surface area contributed by atoms with Gasteiger partial charge in [0.25, 0.3) is 0 Å². The highest BCUT2D eigenvalue weighted by Gasteiger charge is 2.37. The van der Waals surface area contributed by atoms with Crippen LogP contribution in [0, 0.1) is 5.41 Å². The molecule has 0 spiro atoms. The van der Waals surface area contributed by atoms with Gasteiger partial charge in [0.05, 0.1) is 18.6 Å². The molecule has 1 atom stereocenters. The molecule has 0 aliphatic carbocycles. The zero-order valence-corrected chi connectivity index (χ0v) is 14.4. The van der Waals surface area contributed by atoms with Crippen LogP contribution in [0.1, 0.15) is 25.5 Å². The van der Waals surface area contributed by atoms with Gasteiger partial charge in [0.15, 0.2) is 11.5 Å². The fourth-order valence-corrected chi connectivity index (χ4v) is 2.68. The average Bonchev–Trinajstić information content (AvgIpc) is 3.08. The maximum Gasteiger partial charge on any atom is 0.314 e. The van der Waals surface area contributed by atoms with Crippen molar-refractivity contribution >= 4 is 17.3 Å². The van der Waals surface area contributed by atoms with Crippen LogP contribution in [0.15, 0.2) is 42.5 Å². The largest absolute Gasteiger partial charge is 0.469 e. The van der Waals surface area contributed by atoms with Crippen molar-refractivity contribution in [3.8, 4) is 11.5 Å². The Bertz CT molecular complexity index is 770. The maximum atomic E-state index is 11.8. The second-order valence-corrected chi connectivity index (χ2v) is 6.43. The van der Waals surface area contributed by atoms with Crippen molar-refractivity contribution in [2.24, 2.45) is 5.41 Å². The smallest absolute Gasteiger partial charge is 0.314 e. The van der Waals surface area contributed by atoms with Crippen LogP contribution in [-0.4, -0.2) is 25.0 Å². The number of hydrogen-bond donors (Lipinski definition) is 2. The summed E-state index contributed by atoms with van der Waals surface area (Å²) in [5.74, 6) is 0.980. The first kappa shape index (κ1) is 17.1. The number of benzene rings is 2. The summed E-state index contributed by atoms with van der Waals surface area (Å²) in [6, 6.07) is 12.9. The van der Waals surface area contributed by atoms with E-state index in [9.17, 15) is 9.90 Å². The molecule has 0 radical (unpaired) electrons. The summed E-state index contributed by atoms with van der Waals surface area (Å²) >= 11 is 0. The number of anilines is 2. The molecular weight excluding hydrogens is 322 g/mol. The fourth-order valence-electron chi connectivity index (χ4n) is 2.68. The van der Waals surface area contributed by atoms with Gasteiger partial charge in [-0.2, -0.15) is 0 Å². The van der Waals surface area contributed by atoms with Gasteiger partial charge in [-0.25, -0.2) is 0 Å². The molecule has 6 heteroatoms. The van der Waals surface area contributed by atoms with E-state index in [1.54, 1.807) is 26.0 Å². The number of aliphatic hydroxyl groups is 1. The predicted octanol–water partition coefficient (Wildman–Crippen LogP) is 3.39. The highest BCUT2D eigenvalue weighted by Crippen LogP contribution is 2.36. The highest BCUT2D eigenvalue weighted by molar-refractivity contribution is 5.77. The van der Waals surface area contributed by atoms with Gasteiger partial charge in [-0.05, 0) is 43.7 Å². The van der Waals surface area contributed by atoms with E-state index in [2.05, 4.69) is 5.32 Å². The Balaban J connectivity index is 1.73. The Kier molecular flexibility index (Phi) is 4.55. The van der Waals surface area contributed by atoms with E-state index >= 15 is 0 Å². The highest BCUT2D eigenvalue weighted by atomic mass is 16.7. The van der Waals surface area contributed by atoms with Crippen molar-refractivity contribution in [1.82, 2.24) is 0 Å². The van der Waals surface area contributed by atoms with Crippen LogP contribution in [0.4, 0.5) is 11.4 Å². The van der Waals surface area contributed by atoms with Crippen LogP contribution in [0.25, 0.3) is 0 Å². The van der Waals surface area contributed by atoms with E-state index in [1.807, 2.05) is 30.3 Å². The molecule has 6 nitrogen and oxygen atoms in total. The quantitative estimate of drug-likeness (QED) is 0.811. The molecular formula is C19H21NO5. The van der Waals surface area contributed by atoms with E-state index in [4.69, 9.17) is 14.2 Å². The molecule has 0 amide bonds. The standard InChI is InChI=1S/C19H21NO5/c1-19(2,18(22)23-3)17(21)12-4-6-13(7-5-12)20-14-8-9-15-16(10-14)25-11-24-15/h4-10,17,20-21H,11H2,1-3H3. The molecule has 0 fully saturated rings. The van der Waals surface area contributed by atoms with Gasteiger partial charge in [-0.15, -0.1) is 0 Å². The minimum atomic E-state index is -1.03. The Morgan fingerprint density at radius 2 is 1.76 bits per heavy atom. The monoisotopic (exact) mass is 343 g/mol. The molecule has 2 aromatic rings. The van der Waals surface area contributed by atoms with Crippen molar-refractivity contribution in [2.45, 2.75) is 20.0 Å². The number of aliphatic hydroxyl groups excluding tert-OH is 1. The number of methoxy groups -OCH3 is 1. The van der Waals surface area contributed by atoms with Gasteiger partial charge in [-0.1, -0.05) is 12.1 Å². The number of fused-ring (bicyclic) bond motifs is 1. The van der Waals surface area contributed by atoms with Crippen molar-refractivity contribution < 1.29 is 24.1 Å². The Morgan fingerprint density at radius 1 is 1.12 bits per heavy atom. The number of ether oxygens (including phenoxy) is 3. The van der Waals surface area contributed by atoms with Gasteiger partial charge in [-0.3, -0.25) is 4.79 Å². The lowest BCUT2D eigenvalue weighted by Crippen LogP contribution is -2.32. The topological polar surface area (TPSA) is 77.0 Å². The number of rotatable bonds is 5. The van der Waals surface area contributed by atoms with Crippen molar-refractivity contribution in [3.05, 3.63) is 48.0 Å². The molecule has 25 heavy (non-hydrogen) atoms. The Morgan fingerprint density at radius 3 is 2.44 bits per heavy atom. The van der Waals surface area contributed by atoms with Crippen LogP contribution in [0.2, 0.25) is 0 Å². The van der Waals surface area contributed by atoms with Crippen LogP contribution in [0.3, 0.4) is 0 Å².